The highest BCUT2D eigenvalue weighted by Gasteiger charge is 2.28. The minimum absolute atomic E-state index is 0.0271. The van der Waals surface area contributed by atoms with Gasteiger partial charge in [-0.15, -0.1) is 0 Å². The second kappa shape index (κ2) is 9.88. The molecule has 1 aromatic rings. The summed E-state index contributed by atoms with van der Waals surface area (Å²) in [6.07, 6.45) is 2.82. The molecule has 0 bridgehead atoms. The molecule has 27 heavy (non-hydrogen) atoms. The molecule has 2 atom stereocenters. The number of nitrogens with zero attached hydrogens (tertiary/aromatic N) is 1. The van der Waals surface area contributed by atoms with Crippen LogP contribution in [0.4, 0.5) is 5.69 Å². The van der Waals surface area contributed by atoms with Gasteiger partial charge in [0.05, 0.1) is 38.6 Å². The Morgan fingerprint density at radius 3 is 2.85 bits per heavy atom. The largest absolute Gasteiger partial charge is 0.379 e. The minimum Gasteiger partial charge on any atom is -0.379 e. The van der Waals surface area contributed by atoms with Crippen LogP contribution in [-0.4, -0.2) is 64.2 Å². The molecule has 148 valence electrons. The van der Waals surface area contributed by atoms with Gasteiger partial charge < -0.3 is 24.4 Å². The first kappa shape index (κ1) is 19.9. The van der Waals surface area contributed by atoms with E-state index in [0.29, 0.717) is 25.4 Å². The van der Waals surface area contributed by atoms with Crippen LogP contribution in [0.2, 0.25) is 0 Å². The number of nitrogens with one attached hydrogen (secondary N) is 1. The molecule has 1 N–H and O–H groups in total. The number of benzene rings is 1. The van der Waals surface area contributed by atoms with Crippen LogP contribution in [-0.2, 0) is 14.2 Å². The Morgan fingerprint density at radius 1 is 1.26 bits per heavy atom. The third-order valence-electron chi connectivity index (χ3n) is 4.90. The maximum Gasteiger partial charge on any atom is 0.251 e. The van der Waals surface area contributed by atoms with Gasteiger partial charge in [-0.1, -0.05) is 17.7 Å². The summed E-state index contributed by atoms with van der Waals surface area (Å²) >= 11 is 0. The van der Waals surface area contributed by atoms with Crippen LogP contribution in [0.5, 0.6) is 0 Å². The minimum atomic E-state index is -0.135. The molecule has 0 aliphatic carbocycles. The molecule has 0 aromatic heterocycles. The molecular formula is C21H30N2O4. The predicted octanol–water partition coefficient (Wildman–Crippen LogP) is 2.39. The van der Waals surface area contributed by atoms with Gasteiger partial charge in [0.25, 0.3) is 5.91 Å². The Kier molecular flexibility index (Phi) is 7.26. The summed E-state index contributed by atoms with van der Waals surface area (Å²) in [5, 5.41) is 3.10. The summed E-state index contributed by atoms with van der Waals surface area (Å²) in [5.41, 5.74) is 2.94. The maximum absolute atomic E-state index is 12.8. The summed E-state index contributed by atoms with van der Waals surface area (Å²) < 4.78 is 16.9. The number of anilines is 1. The third-order valence-corrected chi connectivity index (χ3v) is 4.90. The molecule has 2 saturated heterocycles. The highest BCUT2D eigenvalue weighted by molar-refractivity contribution is 5.95. The van der Waals surface area contributed by atoms with Crippen molar-refractivity contribution in [2.75, 3.05) is 51.0 Å². The van der Waals surface area contributed by atoms with Gasteiger partial charge in [0.2, 0.25) is 0 Å². The van der Waals surface area contributed by atoms with E-state index in [0.717, 1.165) is 38.4 Å². The molecule has 2 fully saturated rings. The highest BCUT2D eigenvalue weighted by Crippen LogP contribution is 2.19. The molecule has 1 aromatic carbocycles. The van der Waals surface area contributed by atoms with Crippen LogP contribution < -0.4 is 10.2 Å². The molecule has 0 spiro atoms. The van der Waals surface area contributed by atoms with E-state index in [2.05, 4.69) is 16.3 Å². The van der Waals surface area contributed by atoms with Gasteiger partial charge in [0.1, 0.15) is 0 Å². The van der Waals surface area contributed by atoms with E-state index in [1.165, 1.54) is 5.57 Å². The van der Waals surface area contributed by atoms with E-state index < -0.39 is 0 Å². The first-order chi connectivity index (χ1) is 13.1. The molecule has 0 unspecified atom stereocenters. The predicted molar refractivity (Wildman–Crippen MR) is 105 cm³/mol. The molecule has 2 aliphatic heterocycles. The van der Waals surface area contributed by atoms with Crippen LogP contribution in [0.15, 0.2) is 35.9 Å². The molecule has 6 heteroatoms. The van der Waals surface area contributed by atoms with E-state index in [4.69, 9.17) is 14.2 Å². The lowest BCUT2D eigenvalue weighted by atomic mass is 10.1. The SMILES string of the molecule is CC(C)=CCO[C@H]1CCOC[C@H]1NC(=O)c1cccc(N2CCOCC2)c1. The van der Waals surface area contributed by atoms with Gasteiger partial charge >= 0.3 is 0 Å². The number of carbonyl (C=O) groups is 1. The number of carbonyl (C=O) groups excluding carboxylic acids is 1. The van der Waals surface area contributed by atoms with Gasteiger partial charge in [0.15, 0.2) is 0 Å². The topological polar surface area (TPSA) is 60.0 Å². The normalized spacial score (nSPS) is 23.0. The molecule has 0 radical (unpaired) electrons. The Balaban J connectivity index is 1.61. The van der Waals surface area contributed by atoms with Gasteiger partial charge in [-0.05, 0) is 38.5 Å². The summed E-state index contributed by atoms with van der Waals surface area (Å²) in [6.45, 7) is 8.95. The average molecular weight is 374 g/mol. The maximum atomic E-state index is 12.8. The molecule has 6 nitrogen and oxygen atoms in total. The summed E-state index contributed by atoms with van der Waals surface area (Å²) in [5.74, 6) is -0.0866. The standard InChI is InChI=1S/C21H30N2O4/c1-16(2)6-11-27-20-7-10-26-15-19(20)22-21(24)17-4-3-5-18(14-17)23-8-12-25-13-9-23/h3-6,14,19-20H,7-13,15H2,1-2H3,(H,22,24)/t19-,20+/m1/s1. The van der Waals surface area contributed by atoms with Crippen molar-refractivity contribution < 1.29 is 19.0 Å². The van der Waals surface area contributed by atoms with E-state index in [1.54, 1.807) is 0 Å². The molecule has 1 amide bonds. The van der Waals surface area contributed by atoms with Crippen molar-refractivity contribution in [1.82, 2.24) is 5.32 Å². The number of hydrogen-bond donors (Lipinski definition) is 1. The lowest BCUT2D eigenvalue weighted by Gasteiger charge is -2.32. The zero-order valence-electron chi connectivity index (χ0n) is 16.3. The van der Waals surface area contributed by atoms with Crippen molar-refractivity contribution in [2.45, 2.75) is 32.4 Å². The van der Waals surface area contributed by atoms with Crippen LogP contribution in [0, 0.1) is 0 Å². The number of hydrogen-bond acceptors (Lipinski definition) is 5. The van der Waals surface area contributed by atoms with E-state index in [9.17, 15) is 4.79 Å². The molecular weight excluding hydrogens is 344 g/mol. The average Bonchev–Trinajstić information content (AvgIpc) is 2.70. The lowest BCUT2D eigenvalue weighted by Crippen LogP contribution is -2.50. The van der Waals surface area contributed by atoms with Gasteiger partial charge in [-0.25, -0.2) is 0 Å². The van der Waals surface area contributed by atoms with Gasteiger partial charge in [0, 0.05) is 30.9 Å². The molecule has 2 heterocycles. The Hall–Kier alpha value is -1.89. The first-order valence-corrected chi connectivity index (χ1v) is 9.70. The van der Waals surface area contributed by atoms with Crippen molar-refractivity contribution >= 4 is 11.6 Å². The monoisotopic (exact) mass is 374 g/mol. The lowest BCUT2D eigenvalue weighted by molar-refractivity contribution is -0.0457. The zero-order chi connectivity index (χ0) is 19.1. The first-order valence-electron chi connectivity index (χ1n) is 9.70. The van der Waals surface area contributed by atoms with Gasteiger partial charge in [-0.3, -0.25) is 4.79 Å². The van der Waals surface area contributed by atoms with Gasteiger partial charge in [-0.2, -0.15) is 0 Å². The summed E-state index contributed by atoms with van der Waals surface area (Å²) in [6, 6.07) is 7.63. The van der Waals surface area contributed by atoms with E-state index in [-0.39, 0.29) is 18.1 Å². The fourth-order valence-electron chi connectivity index (χ4n) is 3.31. The number of rotatable bonds is 6. The molecule has 2 aliphatic rings. The molecule has 0 saturated carbocycles. The summed E-state index contributed by atoms with van der Waals surface area (Å²) in [7, 11) is 0. The Labute approximate surface area is 161 Å². The van der Waals surface area contributed by atoms with Crippen molar-refractivity contribution in [1.29, 1.82) is 0 Å². The second-order valence-corrected chi connectivity index (χ2v) is 7.25. The molecule has 3 rings (SSSR count). The number of morpholine rings is 1. The van der Waals surface area contributed by atoms with Crippen molar-refractivity contribution in [2.24, 2.45) is 0 Å². The highest BCUT2D eigenvalue weighted by atomic mass is 16.5. The van der Waals surface area contributed by atoms with Crippen molar-refractivity contribution in [3.05, 3.63) is 41.5 Å². The smallest absolute Gasteiger partial charge is 0.251 e. The van der Waals surface area contributed by atoms with Crippen LogP contribution in [0.3, 0.4) is 0 Å². The van der Waals surface area contributed by atoms with E-state index in [1.807, 2.05) is 38.1 Å². The number of ether oxygens (including phenoxy) is 3. The Bertz CT molecular complexity index is 651. The van der Waals surface area contributed by atoms with E-state index >= 15 is 0 Å². The number of amides is 1. The number of allylic oxidation sites excluding steroid dienone is 1. The quantitative estimate of drug-likeness (QED) is 0.775. The fraction of sp³-hybridized carbons (Fsp3) is 0.571. The zero-order valence-corrected chi connectivity index (χ0v) is 16.3. The van der Waals surface area contributed by atoms with Crippen molar-refractivity contribution in [3.8, 4) is 0 Å². The second-order valence-electron chi connectivity index (χ2n) is 7.25. The summed E-state index contributed by atoms with van der Waals surface area (Å²) in [4.78, 5) is 15.0. The van der Waals surface area contributed by atoms with Crippen LogP contribution >= 0.6 is 0 Å². The van der Waals surface area contributed by atoms with Crippen LogP contribution in [0.25, 0.3) is 0 Å². The van der Waals surface area contributed by atoms with Crippen molar-refractivity contribution in [3.63, 3.8) is 0 Å². The van der Waals surface area contributed by atoms with Crippen LogP contribution in [0.1, 0.15) is 30.6 Å². The third kappa shape index (κ3) is 5.79. The Morgan fingerprint density at radius 2 is 2.07 bits per heavy atom. The fourth-order valence-corrected chi connectivity index (χ4v) is 3.31.